The van der Waals surface area contributed by atoms with Gasteiger partial charge in [0.2, 0.25) is 0 Å². The van der Waals surface area contributed by atoms with Crippen LogP contribution in [0.3, 0.4) is 0 Å². The molecule has 2 heterocycles. The quantitative estimate of drug-likeness (QED) is 0.765. The van der Waals surface area contributed by atoms with Crippen LogP contribution in [0, 0.1) is 0 Å². The van der Waals surface area contributed by atoms with Gasteiger partial charge in [-0.1, -0.05) is 30.0 Å². The highest BCUT2D eigenvalue weighted by Gasteiger charge is 2.13. The molecule has 0 amide bonds. The second kappa shape index (κ2) is 3.10. The summed E-state index contributed by atoms with van der Waals surface area (Å²) < 4.78 is 2.25. The Balaban J connectivity index is 2.12. The van der Waals surface area contributed by atoms with E-state index in [1.807, 2.05) is 6.20 Å². The average molecular weight is 202 g/mol. The van der Waals surface area contributed by atoms with E-state index >= 15 is 0 Å². The lowest BCUT2D eigenvalue weighted by molar-refractivity contribution is 0.654. The number of nitrogens with one attached hydrogen (secondary N) is 1. The fraction of sp³-hybridized carbons (Fsp3) is 0.0909. The lowest BCUT2D eigenvalue weighted by atomic mass is 10.2. The minimum absolute atomic E-state index is 0.315. The maximum Gasteiger partial charge on any atom is 0.155 e. The summed E-state index contributed by atoms with van der Waals surface area (Å²) in [5.74, 6) is 0. The van der Waals surface area contributed by atoms with Gasteiger partial charge in [-0.05, 0) is 22.9 Å². The van der Waals surface area contributed by atoms with E-state index in [9.17, 15) is 0 Å². The van der Waals surface area contributed by atoms with Crippen molar-refractivity contribution in [2.24, 2.45) is 0 Å². The number of nitrogens with zero attached hydrogens (tertiary/aromatic N) is 1. The standard InChI is InChI=1S/C11H10N2S/c1-2-4-10-9(3-1)5-7-13(10)11-12-6-8-14-11/h1-8,11-12H. The van der Waals surface area contributed by atoms with E-state index < -0.39 is 0 Å². The molecule has 2 aromatic rings. The largest absolute Gasteiger partial charge is 0.362 e. The molecule has 1 aliphatic heterocycles. The van der Waals surface area contributed by atoms with Gasteiger partial charge in [0.25, 0.3) is 0 Å². The fourth-order valence-electron chi connectivity index (χ4n) is 1.73. The van der Waals surface area contributed by atoms with Crippen molar-refractivity contribution in [3.8, 4) is 0 Å². The molecule has 0 radical (unpaired) electrons. The van der Waals surface area contributed by atoms with Crippen LogP contribution in [0.25, 0.3) is 10.9 Å². The van der Waals surface area contributed by atoms with Crippen molar-refractivity contribution in [1.29, 1.82) is 0 Å². The highest BCUT2D eigenvalue weighted by atomic mass is 32.2. The summed E-state index contributed by atoms with van der Waals surface area (Å²) in [6.45, 7) is 0. The Hall–Kier alpha value is -1.35. The molecule has 70 valence electrons. The van der Waals surface area contributed by atoms with Gasteiger partial charge in [-0.25, -0.2) is 0 Å². The van der Waals surface area contributed by atoms with Gasteiger partial charge in [0.15, 0.2) is 5.50 Å². The van der Waals surface area contributed by atoms with Crippen LogP contribution in [0.4, 0.5) is 0 Å². The monoisotopic (exact) mass is 202 g/mol. The maximum atomic E-state index is 3.30. The lowest BCUT2D eigenvalue weighted by Gasteiger charge is -2.13. The molecule has 2 nitrogen and oxygen atoms in total. The lowest BCUT2D eigenvalue weighted by Crippen LogP contribution is -2.14. The van der Waals surface area contributed by atoms with Crippen LogP contribution in [0.5, 0.6) is 0 Å². The van der Waals surface area contributed by atoms with E-state index in [-0.39, 0.29) is 0 Å². The van der Waals surface area contributed by atoms with Crippen LogP contribution in [-0.4, -0.2) is 4.57 Å². The number of aromatic nitrogens is 1. The third-order valence-electron chi connectivity index (χ3n) is 2.40. The molecule has 1 aromatic heterocycles. The van der Waals surface area contributed by atoms with Gasteiger partial charge < -0.3 is 9.88 Å². The Morgan fingerprint density at radius 3 is 3.00 bits per heavy atom. The van der Waals surface area contributed by atoms with E-state index in [0.717, 1.165) is 0 Å². The van der Waals surface area contributed by atoms with Crippen molar-refractivity contribution in [3.63, 3.8) is 0 Å². The Bertz CT molecular complexity index is 479. The third-order valence-corrected chi connectivity index (χ3v) is 3.31. The molecule has 1 atom stereocenters. The number of benzene rings is 1. The predicted octanol–water partition coefficient (Wildman–Crippen LogP) is 2.91. The van der Waals surface area contributed by atoms with Gasteiger partial charge in [0, 0.05) is 12.4 Å². The first kappa shape index (κ1) is 8.00. The molecule has 1 aliphatic rings. The molecule has 0 fully saturated rings. The van der Waals surface area contributed by atoms with Crippen LogP contribution in [0.15, 0.2) is 48.1 Å². The van der Waals surface area contributed by atoms with Gasteiger partial charge in [-0.15, -0.1) is 0 Å². The van der Waals surface area contributed by atoms with E-state index in [1.54, 1.807) is 11.8 Å². The zero-order chi connectivity index (χ0) is 9.38. The van der Waals surface area contributed by atoms with Crippen LogP contribution in [-0.2, 0) is 0 Å². The molecule has 0 spiro atoms. The maximum absolute atomic E-state index is 3.30. The number of rotatable bonds is 1. The molecular formula is C11H10N2S. The van der Waals surface area contributed by atoms with Crippen LogP contribution < -0.4 is 5.32 Å². The molecule has 0 saturated heterocycles. The van der Waals surface area contributed by atoms with Gasteiger partial charge in [0.05, 0.1) is 5.52 Å². The number of hydrogen-bond acceptors (Lipinski definition) is 2. The van der Waals surface area contributed by atoms with Crippen LogP contribution in [0.1, 0.15) is 5.50 Å². The first-order valence-corrected chi connectivity index (χ1v) is 5.51. The molecule has 0 bridgehead atoms. The highest BCUT2D eigenvalue weighted by Crippen LogP contribution is 2.29. The van der Waals surface area contributed by atoms with Crippen molar-refractivity contribution >= 4 is 22.7 Å². The first-order valence-electron chi connectivity index (χ1n) is 4.57. The van der Waals surface area contributed by atoms with Crippen molar-refractivity contribution in [1.82, 2.24) is 9.88 Å². The Kier molecular flexibility index (Phi) is 1.77. The Labute approximate surface area is 86.6 Å². The summed E-state index contributed by atoms with van der Waals surface area (Å²) in [5, 5.41) is 6.67. The molecule has 1 unspecified atom stereocenters. The first-order chi connectivity index (χ1) is 6.95. The number of para-hydroxylation sites is 1. The van der Waals surface area contributed by atoms with Gasteiger partial charge in [0.1, 0.15) is 0 Å². The fourth-order valence-corrected chi connectivity index (χ4v) is 2.51. The summed E-state index contributed by atoms with van der Waals surface area (Å²) in [7, 11) is 0. The third kappa shape index (κ3) is 1.13. The molecule has 1 N–H and O–H groups in total. The van der Waals surface area contributed by atoms with Gasteiger partial charge in [-0.2, -0.15) is 0 Å². The van der Waals surface area contributed by atoms with Crippen molar-refractivity contribution < 1.29 is 0 Å². The molecule has 3 heteroatoms. The Morgan fingerprint density at radius 2 is 2.14 bits per heavy atom. The second-order valence-electron chi connectivity index (χ2n) is 3.24. The molecule has 1 aromatic carbocycles. The minimum Gasteiger partial charge on any atom is -0.362 e. The SMILES string of the molecule is C1=CSC(n2ccc3ccccc32)N1. The zero-order valence-electron chi connectivity index (χ0n) is 7.55. The predicted molar refractivity (Wildman–Crippen MR) is 60.8 cm³/mol. The zero-order valence-corrected chi connectivity index (χ0v) is 8.37. The number of fused-ring (bicyclic) bond motifs is 1. The summed E-state index contributed by atoms with van der Waals surface area (Å²) in [6.07, 6.45) is 4.12. The second-order valence-corrected chi connectivity index (χ2v) is 4.23. The highest BCUT2D eigenvalue weighted by molar-refractivity contribution is 8.02. The van der Waals surface area contributed by atoms with Gasteiger partial charge in [-0.3, -0.25) is 0 Å². The van der Waals surface area contributed by atoms with Gasteiger partial charge >= 0.3 is 0 Å². The van der Waals surface area contributed by atoms with Crippen molar-refractivity contribution in [2.75, 3.05) is 0 Å². The number of thioether (sulfide) groups is 1. The van der Waals surface area contributed by atoms with Crippen molar-refractivity contribution in [3.05, 3.63) is 48.1 Å². The smallest absolute Gasteiger partial charge is 0.155 e. The van der Waals surface area contributed by atoms with Crippen LogP contribution in [0.2, 0.25) is 0 Å². The topological polar surface area (TPSA) is 17.0 Å². The molecule has 14 heavy (non-hydrogen) atoms. The Morgan fingerprint density at radius 1 is 1.21 bits per heavy atom. The normalized spacial score (nSPS) is 20.1. The number of hydrogen-bond donors (Lipinski definition) is 1. The molecule has 0 saturated carbocycles. The molecule has 3 rings (SSSR count). The summed E-state index contributed by atoms with van der Waals surface area (Å²) in [4.78, 5) is 0. The minimum atomic E-state index is 0.315. The van der Waals surface area contributed by atoms with E-state index in [4.69, 9.17) is 0 Å². The van der Waals surface area contributed by atoms with E-state index in [1.165, 1.54) is 10.9 Å². The summed E-state index contributed by atoms with van der Waals surface area (Å²) >= 11 is 1.79. The van der Waals surface area contributed by atoms with E-state index in [2.05, 4.69) is 51.8 Å². The average Bonchev–Trinajstić information content (AvgIpc) is 2.85. The van der Waals surface area contributed by atoms with Crippen molar-refractivity contribution in [2.45, 2.75) is 5.50 Å². The van der Waals surface area contributed by atoms with E-state index in [0.29, 0.717) is 5.50 Å². The van der Waals surface area contributed by atoms with Crippen LogP contribution >= 0.6 is 11.8 Å². The summed E-state index contributed by atoms with van der Waals surface area (Å²) in [5.41, 5.74) is 1.59. The summed E-state index contributed by atoms with van der Waals surface area (Å²) in [6, 6.07) is 10.6. The molecular weight excluding hydrogens is 192 g/mol. The molecule has 0 aliphatic carbocycles.